The van der Waals surface area contributed by atoms with Gasteiger partial charge in [0.1, 0.15) is 18.5 Å². The summed E-state index contributed by atoms with van der Waals surface area (Å²) in [6, 6.07) is 9.07. The van der Waals surface area contributed by atoms with Crippen molar-refractivity contribution in [1.82, 2.24) is 14.7 Å². The molecule has 3 rings (SSSR count). The van der Waals surface area contributed by atoms with Gasteiger partial charge in [0.2, 0.25) is 0 Å². The molecule has 2 heterocycles. The second-order valence-electron chi connectivity index (χ2n) is 7.97. The van der Waals surface area contributed by atoms with Crippen LogP contribution in [0.25, 0.3) is 0 Å². The normalized spacial score (nSPS) is 21.5. The van der Waals surface area contributed by atoms with Crippen molar-refractivity contribution < 1.29 is 9.84 Å². The topological polar surface area (TPSA) is 39.2 Å². The Hall–Kier alpha value is -0.790. The molecule has 27 heavy (non-hydrogen) atoms. The molecule has 2 aliphatic heterocycles. The van der Waals surface area contributed by atoms with Crippen LogP contribution in [0.3, 0.4) is 0 Å². The van der Waals surface area contributed by atoms with Gasteiger partial charge in [-0.25, -0.2) is 0 Å². The van der Waals surface area contributed by atoms with E-state index >= 15 is 0 Å². The number of hydrogen-bond donors (Lipinski definition) is 1. The minimum absolute atomic E-state index is 0.353. The third-order valence-corrected chi connectivity index (χ3v) is 6.73. The summed E-state index contributed by atoms with van der Waals surface area (Å²) in [7, 11) is 4.38. The second kappa shape index (κ2) is 10.7. The minimum atomic E-state index is -0.441. The zero-order valence-electron chi connectivity index (χ0n) is 16.8. The van der Waals surface area contributed by atoms with E-state index in [2.05, 4.69) is 52.7 Å². The molecule has 0 bridgehead atoms. The van der Waals surface area contributed by atoms with Crippen LogP contribution < -0.4 is 4.74 Å². The molecule has 0 spiro atoms. The molecular formula is C21H35N3O2S. The number of benzene rings is 1. The van der Waals surface area contributed by atoms with E-state index in [-0.39, 0.29) is 0 Å². The largest absolute Gasteiger partial charge is 0.491 e. The maximum atomic E-state index is 10.3. The smallest absolute Gasteiger partial charge is 0.119 e. The van der Waals surface area contributed by atoms with Gasteiger partial charge < -0.3 is 14.7 Å². The van der Waals surface area contributed by atoms with Gasteiger partial charge in [-0.05, 0) is 56.1 Å². The molecule has 0 amide bonds. The summed E-state index contributed by atoms with van der Waals surface area (Å²) in [5.74, 6) is 3.42. The summed E-state index contributed by atoms with van der Waals surface area (Å²) >= 11 is 2.07. The molecule has 1 aromatic carbocycles. The molecule has 2 aliphatic rings. The van der Waals surface area contributed by atoms with Crippen molar-refractivity contribution in [3.63, 3.8) is 0 Å². The van der Waals surface area contributed by atoms with Crippen molar-refractivity contribution in [2.45, 2.75) is 31.5 Å². The van der Waals surface area contributed by atoms with E-state index < -0.39 is 6.10 Å². The van der Waals surface area contributed by atoms with Gasteiger partial charge in [-0.2, -0.15) is 11.8 Å². The average molecular weight is 394 g/mol. The molecule has 1 N–H and O–H groups in total. The summed E-state index contributed by atoms with van der Waals surface area (Å²) in [6.07, 6.45) is 2.16. The summed E-state index contributed by atoms with van der Waals surface area (Å²) in [6.45, 7) is 6.22. The summed E-state index contributed by atoms with van der Waals surface area (Å²) in [4.78, 5) is 7.12. The lowest BCUT2D eigenvalue weighted by Gasteiger charge is -2.33. The van der Waals surface area contributed by atoms with Crippen molar-refractivity contribution >= 4 is 11.8 Å². The lowest BCUT2D eigenvalue weighted by Crippen LogP contribution is -2.47. The fourth-order valence-corrected chi connectivity index (χ4v) is 4.89. The predicted molar refractivity (Wildman–Crippen MR) is 114 cm³/mol. The van der Waals surface area contributed by atoms with E-state index in [1.807, 2.05) is 12.1 Å². The first-order valence-electron chi connectivity index (χ1n) is 10.2. The maximum absolute atomic E-state index is 10.3. The van der Waals surface area contributed by atoms with Crippen LogP contribution in [0.4, 0.5) is 0 Å². The standard InChI is InChI=1S/C21H35N3O2S/c1-22-9-11-24(12-10-22)16-20(25)17-26-21-5-3-18(4-6-21)15-23(2)19-7-13-27-14-8-19/h3-6,19-20,25H,7-17H2,1-2H3/t20-/m1/s1. The number of nitrogens with zero attached hydrogens (tertiary/aromatic N) is 3. The van der Waals surface area contributed by atoms with Crippen LogP contribution in [0.15, 0.2) is 24.3 Å². The van der Waals surface area contributed by atoms with Gasteiger partial charge >= 0.3 is 0 Å². The van der Waals surface area contributed by atoms with Gasteiger partial charge in [-0.1, -0.05) is 12.1 Å². The lowest BCUT2D eigenvalue weighted by molar-refractivity contribution is 0.0505. The summed E-state index contributed by atoms with van der Waals surface area (Å²) in [5.41, 5.74) is 1.32. The predicted octanol–water partition coefficient (Wildman–Crippen LogP) is 2.00. The lowest BCUT2D eigenvalue weighted by atomic mass is 10.1. The summed E-state index contributed by atoms with van der Waals surface area (Å²) < 4.78 is 5.80. The van der Waals surface area contributed by atoms with E-state index in [1.165, 1.54) is 29.9 Å². The number of likely N-dealkylation sites (N-methyl/N-ethyl adjacent to an activating group) is 1. The number of rotatable bonds is 8. The molecule has 2 saturated heterocycles. The van der Waals surface area contributed by atoms with Crippen molar-refractivity contribution in [3.05, 3.63) is 29.8 Å². The molecule has 5 nitrogen and oxygen atoms in total. The van der Waals surface area contributed by atoms with Crippen LogP contribution in [0.2, 0.25) is 0 Å². The van der Waals surface area contributed by atoms with Crippen LogP contribution in [-0.4, -0.2) is 96.9 Å². The zero-order chi connectivity index (χ0) is 19.1. The molecule has 1 atom stereocenters. The van der Waals surface area contributed by atoms with Crippen molar-refractivity contribution in [3.8, 4) is 5.75 Å². The van der Waals surface area contributed by atoms with Crippen LogP contribution in [-0.2, 0) is 6.54 Å². The Balaban J connectivity index is 1.38. The number of hydrogen-bond acceptors (Lipinski definition) is 6. The Labute approximate surface area is 168 Å². The minimum Gasteiger partial charge on any atom is -0.491 e. The molecule has 1 aromatic rings. The second-order valence-corrected chi connectivity index (χ2v) is 9.20. The number of ether oxygens (including phenoxy) is 1. The van der Waals surface area contributed by atoms with Gasteiger partial charge in [-0.3, -0.25) is 9.80 Å². The highest BCUT2D eigenvalue weighted by Crippen LogP contribution is 2.22. The number of aliphatic hydroxyl groups excluding tert-OH is 1. The highest BCUT2D eigenvalue weighted by molar-refractivity contribution is 7.99. The molecule has 6 heteroatoms. The first kappa shape index (κ1) is 20.9. The van der Waals surface area contributed by atoms with Crippen LogP contribution in [0.1, 0.15) is 18.4 Å². The first-order valence-corrected chi connectivity index (χ1v) is 11.3. The molecular weight excluding hydrogens is 358 g/mol. The van der Waals surface area contributed by atoms with Crippen LogP contribution >= 0.6 is 11.8 Å². The van der Waals surface area contributed by atoms with Crippen LogP contribution in [0.5, 0.6) is 5.75 Å². The Kier molecular flexibility index (Phi) is 8.27. The highest BCUT2D eigenvalue weighted by atomic mass is 32.2. The molecule has 0 radical (unpaired) electrons. The fourth-order valence-electron chi connectivity index (χ4n) is 3.81. The molecule has 2 fully saturated rings. The number of piperazine rings is 1. The van der Waals surface area contributed by atoms with E-state index in [0.29, 0.717) is 19.2 Å². The van der Waals surface area contributed by atoms with E-state index in [0.717, 1.165) is 38.5 Å². The SMILES string of the molecule is CN1CCN(C[C@@H](O)COc2ccc(CN(C)C3CCSCC3)cc2)CC1. The zero-order valence-corrected chi connectivity index (χ0v) is 17.7. The number of thioether (sulfide) groups is 1. The molecule has 0 aromatic heterocycles. The fraction of sp³-hybridized carbons (Fsp3) is 0.714. The molecule has 0 unspecified atom stereocenters. The summed E-state index contributed by atoms with van der Waals surface area (Å²) in [5, 5.41) is 10.3. The van der Waals surface area contributed by atoms with Crippen molar-refractivity contribution in [2.24, 2.45) is 0 Å². The van der Waals surface area contributed by atoms with Crippen LogP contribution in [0, 0.1) is 0 Å². The monoisotopic (exact) mass is 393 g/mol. The van der Waals surface area contributed by atoms with Crippen molar-refractivity contribution in [1.29, 1.82) is 0 Å². The Morgan fingerprint density at radius 2 is 1.81 bits per heavy atom. The average Bonchev–Trinajstić information content (AvgIpc) is 2.70. The van der Waals surface area contributed by atoms with E-state index in [1.54, 1.807) is 0 Å². The first-order chi connectivity index (χ1) is 13.1. The third-order valence-electron chi connectivity index (χ3n) is 5.68. The molecule has 0 aliphatic carbocycles. The Bertz CT molecular complexity index is 543. The van der Waals surface area contributed by atoms with Gasteiger partial charge in [-0.15, -0.1) is 0 Å². The molecule has 152 valence electrons. The van der Waals surface area contributed by atoms with Gasteiger partial charge in [0, 0.05) is 45.3 Å². The number of aliphatic hydroxyl groups is 1. The van der Waals surface area contributed by atoms with Crippen molar-refractivity contribution in [2.75, 3.05) is 64.9 Å². The Morgan fingerprint density at radius 3 is 2.48 bits per heavy atom. The maximum Gasteiger partial charge on any atom is 0.119 e. The third kappa shape index (κ3) is 6.95. The molecule has 0 saturated carbocycles. The quantitative estimate of drug-likeness (QED) is 0.728. The van der Waals surface area contributed by atoms with Gasteiger partial charge in [0.15, 0.2) is 0 Å². The van der Waals surface area contributed by atoms with Gasteiger partial charge in [0.05, 0.1) is 0 Å². The van der Waals surface area contributed by atoms with E-state index in [4.69, 9.17) is 4.74 Å². The highest BCUT2D eigenvalue weighted by Gasteiger charge is 2.19. The van der Waals surface area contributed by atoms with E-state index in [9.17, 15) is 5.11 Å². The van der Waals surface area contributed by atoms with Gasteiger partial charge in [0.25, 0.3) is 0 Å². The Morgan fingerprint density at radius 1 is 1.15 bits per heavy atom. The number of β-amino-alcohol motifs (C(OH)–C–C–N with tert-alkyl or cyclic N) is 1.